The molecule has 0 atom stereocenters. The lowest BCUT2D eigenvalue weighted by Crippen LogP contribution is -2.29. The van der Waals surface area contributed by atoms with Gasteiger partial charge in [0, 0.05) is 63.1 Å². The molecule has 0 aliphatic heterocycles. The van der Waals surface area contributed by atoms with E-state index in [1.165, 1.54) is 94.6 Å². The molecule has 482 valence electrons. The molecule has 0 unspecified atom stereocenters. The SMILES string of the molecule is CC1(C)c2cc(N(c3ccccc3)c3ccc(-c4ccc(C#N)c5c4C4c6ccccc6C5c5ccccc54)cc3)ccc2-c2cccc(-c3ccc(N(c4ccc(-c5ccccc5)cc4)c4ccc(-c5ccc(C#N)c6c5C5c7ccccc7C6c6ccccc65)cc4)c(-c4ccccc4)c3)c21. The van der Waals surface area contributed by atoms with Crippen molar-refractivity contribution < 1.29 is 0 Å². The molecule has 22 rings (SSSR count). The summed E-state index contributed by atoms with van der Waals surface area (Å²) in [5.74, 6) is 0.0215. The highest BCUT2D eigenvalue weighted by Crippen LogP contribution is 2.62. The van der Waals surface area contributed by atoms with E-state index in [-0.39, 0.29) is 23.7 Å². The van der Waals surface area contributed by atoms with Gasteiger partial charge in [-0.05, 0) is 224 Å². The zero-order valence-corrected chi connectivity index (χ0v) is 56.9. The summed E-state index contributed by atoms with van der Waals surface area (Å²) < 4.78 is 0. The smallest absolute Gasteiger partial charge is 0.0994 e. The van der Waals surface area contributed by atoms with Crippen molar-refractivity contribution in [2.24, 2.45) is 0 Å². The lowest BCUT2D eigenvalue weighted by Gasteiger charge is -2.43. The van der Waals surface area contributed by atoms with E-state index in [1.807, 2.05) is 12.1 Å². The Hall–Kier alpha value is -13.1. The third-order valence-electron chi connectivity index (χ3n) is 23.1. The average molecular weight is 1310 g/mol. The van der Waals surface area contributed by atoms with Crippen LogP contribution in [-0.4, -0.2) is 0 Å². The van der Waals surface area contributed by atoms with Gasteiger partial charge in [-0.15, -0.1) is 0 Å². The van der Waals surface area contributed by atoms with Gasteiger partial charge < -0.3 is 9.80 Å². The molecule has 0 heterocycles. The summed E-state index contributed by atoms with van der Waals surface area (Å²) in [5, 5.41) is 21.5. The number of para-hydroxylation sites is 1. The predicted molar refractivity (Wildman–Crippen MR) is 420 cm³/mol. The van der Waals surface area contributed by atoms with Crippen LogP contribution in [0.2, 0.25) is 0 Å². The molecule has 0 aromatic heterocycles. The molecule has 15 aromatic carbocycles. The van der Waals surface area contributed by atoms with Crippen molar-refractivity contribution in [2.45, 2.75) is 42.9 Å². The highest BCUT2D eigenvalue weighted by molar-refractivity contribution is 5.96. The molecule has 15 aromatic rings. The van der Waals surface area contributed by atoms with Crippen molar-refractivity contribution in [3.63, 3.8) is 0 Å². The predicted octanol–water partition coefficient (Wildman–Crippen LogP) is 25.0. The monoisotopic (exact) mass is 1310 g/mol. The minimum atomic E-state index is -0.394. The second-order valence-corrected chi connectivity index (χ2v) is 28.6. The molecule has 0 radical (unpaired) electrons. The van der Waals surface area contributed by atoms with Gasteiger partial charge in [0.05, 0.1) is 29.0 Å². The van der Waals surface area contributed by atoms with Crippen molar-refractivity contribution in [3.05, 3.63) is 429 Å². The largest absolute Gasteiger partial charge is 0.310 e. The van der Waals surface area contributed by atoms with E-state index >= 15 is 0 Å². The molecule has 0 N–H and O–H groups in total. The minimum Gasteiger partial charge on any atom is -0.310 e. The molecule has 4 bridgehead atoms. The fourth-order valence-corrected chi connectivity index (χ4v) is 18.7. The maximum atomic E-state index is 10.8. The molecular weight excluding hydrogens is 1250 g/mol. The van der Waals surface area contributed by atoms with Crippen LogP contribution in [0, 0.1) is 22.7 Å². The number of hydrogen-bond donors (Lipinski definition) is 0. The Balaban J connectivity index is 0.676. The Bertz CT molecular complexity index is 5960. The Labute approximate surface area is 601 Å². The van der Waals surface area contributed by atoms with Crippen LogP contribution in [0.4, 0.5) is 34.1 Å². The van der Waals surface area contributed by atoms with Crippen molar-refractivity contribution in [1.29, 1.82) is 10.5 Å². The van der Waals surface area contributed by atoms with E-state index in [1.54, 1.807) is 0 Å². The second-order valence-electron chi connectivity index (χ2n) is 28.6. The molecule has 0 saturated heterocycles. The van der Waals surface area contributed by atoms with Crippen LogP contribution >= 0.6 is 0 Å². The number of nitriles is 2. The van der Waals surface area contributed by atoms with Gasteiger partial charge in [-0.3, -0.25) is 0 Å². The molecule has 0 amide bonds. The van der Waals surface area contributed by atoms with Crippen LogP contribution in [-0.2, 0) is 5.41 Å². The van der Waals surface area contributed by atoms with Crippen LogP contribution in [0.15, 0.2) is 340 Å². The highest BCUT2D eigenvalue weighted by atomic mass is 15.1. The minimum absolute atomic E-state index is 0.000462. The maximum absolute atomic E-state index is 10.8. The molecule has 0 fully saturated rings. The number of nitrogens with zero attached hydrogens (tertiary/aromatic N) is 4. The zero-order valence-electron chi connectivity index (χ0n) is 56.9. The number of rotatable bonds is 11. The van der Waals surface area contributed by atoms with Crippen molar-refractivity contribution >= 4 is 34.1 Å². The molecule has 0 saturated carbocycles. The van der Waals surface area contributed by atoms with Crippen LogP contribution in [0.1, 0.15) is 127 Å². The van der Waals surface area contributed by atoms with Crippen molar-refractivity contribution in [3.8, 4) is 78.9 Å². The summed E-state index contributed by atoms with van der Waals surface area (Å²) in [7, 11) is 0. The average Bonchev–Trinajstić information content (AvgIpc) is 1.43. The Kier molecular flexibility index (Phi) is 13.7. The van der Waals surface area contributed by atoms with Gasteiger partial charge in [-0.1, -0.05) is 269 Å². The molecule has 103 heavy (non-hydrogen) atoms. The third-order valence-corrected chi connectivity index (χ3v) is 23.1. The van der Waals surface area contributed by atoms with Crippen molar-refractivity contribution in [1.82, 2.24) is 0 Å². The molecular formula is C99H66N4. The molecule has 7 aliphatic rings. The van der Waals surface area contributed by atoms with Crippen LogP contribution in [0.5, 0.6) is 0 Å². The summed E-state index contributed by atoms with van der Waals surface area (Å²) in [5.41, 5.74) is 39.3. The number of anilines is 6. The maximum Gasteiger partial charge on any atom is 0.0994 e. The number of fused-ring (bicyclic) bond motifs is 3. The Morgan fingerprint density at radius 2 is 0.602 bits per heavy atom. The molecule has 0 spiro atoms. The first-order valence-electron chi connectivity index (χ1n) is 35.8. The standard InChI is InChI=1S/C99H66N4/c1-99(2)88-58-73(102(69-25-10-5-11-26-69)70-48-39-64(40-49-70)74-53-43-67(59-100)90-92-78-27-12-16-31-82(78)94(96(74)90)83-32-17-13-28-79(83)92)52-55-77(88)86-36-20-35-76(98(86)99)66-45-56-89(87(57-66)63-23-8-4-9-24-63)103(71-46-37-62(38-47-71)61-21-6-3-7-22-61)72-50-41-65(42-51-72)75-54-44-68(60-101)91-93-80-29-14-18-33-84(80)95(97(75)91)85-34-19-15-30-81(85)93/h3-58,92-95H,1-2H3. The summed E-state index contributed by atoms with van der Waals surface area (Å²) in [6.07, 6.45) is 0. The van der Waals surface area contributed by atoms with Crippen LogP contribution < -0.4 is 9.80 Å². The lowest BCUT2D eigenvalue weighted by molar-refractivity contribution is 0.662. The van der Waals surface area contributed by atoms with E-state index < -0.39 is 5.41 Å². The van der Waals surface area contributed by atoms with Gasteiger partial charge in [0.1, 0.15) is 0 Å². The first kappa shape index (κ1) is 59.9. The zero-order chi connectivity index (χ0) is 68.6. The van der Waals surface area contributed by atoms with Gasteiger partial charge in [0.2, 0.25) is 0 Å². The van der Waals surface area contributed by atoms with Gasteiger partial charge in [-0.2, -0.15) is 10.5 Å². The van der Waals surface area contributed by atoms with Crippen molar-refractivity contribution in [2.75, 3.05) is 9.80 Å². The third kappa shape index (κ3) is 9.14. The van der Waals surface area contributed by atoms with Crippen LogP contribution in [0.3, 0.4) is 0 Å². The topological polar surface area (TPSA) is 54.1 Å². The second kappa shape index (κ2) is 23.5. The summed E-state index contributed by atoms with van der Waals surface area (Å²) in [4.78, 5) is 4.83. The Morgan fingerprint density at radius 1 is 0.252 bits per heavy atom. The lowest BCUT2D eigenvalue weighted by atomic mass is 9.59. The van der Waals surface area contributed by atoms with E-state index in [0.29, 0.717) is 0 Å². The van der Waals surface area contributed by atoms with E-state index in [4.69, 9.17) is 0 Å². The van der Waals surface area contributed by atoms with E-state index in [2.05, 4.69) is 363 Å². The van der Waals surface area contributed by atoms with E-state index in [9.17, 15) is 10.5 Å². The first-order chi connectivity index (χ1) is 50.8. The van der Waals surface area contributed by atoms with Gasteiger partial charge in [-0.25, -0.2) is 0 Å². The fourth-order valence-electron chi connectivity index (χ4n) is 18.7. The number of benzene rings is 15. The normalized spacial score (nSPS) is 15.9. The van der Waals surface area contributed by atoms with Crippen LogP contribution in [0.25, 0.3) is 66.8 Å². The van der Waals surface area contributed by atoms with E-state index in [0.717, 1.165) is 95.3 Å². The fraction of sp³-hybridized carbons (Fsp3) is 0.0707. The Morgan fingerprint density at radius 3 is 1.07 bits per heavy atom. The van der Waals surface area contributed by atoms with Gasteiger partial charge >= 0.3 is 0 Å². The summed E-state index contributed by atoms with van der Waals surface area (Å²) in [6.45, 7) is 4.81. The molecule has 4 nitrogen and oxygen atoms in total. The summed E-state index contributed by atoms with van der Waals surface area (Å²) >= 11 is 0. The van der Waals surface area contributed by atoms with Gasteiger partial charge in [0.15, 0.2) is 0 Å². The number of hydrogen-bond acceptors (Lipinski definition) is 4. The first-order valence-corrected chi connectivity index (χ1v) is 35.8. The highest BCUT2D eigenvalue weighted by Gasteiger charge is 2.46. The molecule has 7 aliphatic carbocycles. The quantitative estimate of drug-likeness (QED) is 0.129. The van der Waals surface area contributed by atoms with Gasteiger partial charge in [0.25, 0.3) is 0 Å². The molecule has 4 heteroatoms. The summed E-state index contributed by atoms with van der Waals surface area (Å²) in [6, 6.07) is 130.